The number of rotatable bonds is 4. The largest absolute Gasteiger partial charge is 0.330 e. The van der Waals surface area contributed by atoms with Crippen molar-refractivity contribution in [3.63, 3.8) is 0 Å². The first kappa shape index (κ1) is 20.2. The Morgan fingerprint density at radius 1 is 1.16 bits per heavy atom. The summed E-state index contributed by atoms with van der Waals surface area (Å²) in [6.07, 6.45) is 0. The van der Waals surface area contributed by atoms with E-state index in [1.54, 1.807) is 29.4 Å². The molecule has 136 valence electrons. The molecule has 0 amide bonds. The molecule has 25 heavy (non-hydrogen) atoms. The summed E-state index contributed by atoms with van der Waals surface area (Å²) in [6, 6.07) is 14.9. The van der Waals surface area contributed by atoms with E-state index in [9.17, 15) is 8.42 Å². The van der Waals surface area contributed by atoms with Crippen LogP contribution < -0.4 is 5.73 Å². The quantitative estimate of drug-likeness (QED) is 0.854. The molecular weight excluding hydrogens is 379 g/mol. The standard InChI is InChI=1S/C18H21ClN2O2S.ClH/c1-13-9-16(19)7-8-18(13)24(22,23)21-11-15(10-20)17(12-21)14-5-3-2-4-6-14;/h2-9,15,17H,10-12,20H2,1H3;1H/t15-,17+;/m1./s1. The van der Waals surface area contributed by atoms with Crippen molar-refractivity contribution in [3.8, 4) is 0 Å². The van der Waals surface area contributed by atoms with Gasteiger partial charge < -0.3 is 5.73 Å². The first-order valence-corrected chi connectivity index (χ1v) is 9.76. The van der Waals surface area contributed by atoms with Crippen molar-refractivity contribution in [3.05, 3.63) is 64.7 Å². The van der Waals surface area contributed by atoms with Crippen LogP contribution >= 0.6 is 24.0 Å². The van der Waals surface area contributed by atoms with Crippen LogP contribution in [0.15, 0.2) is 53.4 Å². The molecule has 1 heterocycles. The molecule has 0 radical (unpaired) electrons. The third-order valence-corrected chi connectivity index (χ3v) is 6.92. The van der Waals surface area contributed by atoms with E-state index in [-0.39, 0.29) is 24.2 Å². The normalized spacial score (nSPS) is 21.1. The molecular formula is C18H22Cl2N2O2S. The summed E-state index contributed by atoms with van der Waals surface area (Å²) in [5.74, 6) is 0.244. The van der Waals surface area contributed by atoms with Crippen LogP contribution in [0.4, 0.5) is 0 Å². The summed E-state index contributed by atoms with van der Waals surface area (Å²) < 4.78 is 27.6. The third-order valence-electron chi connectivity index (χ3n) is 4.69. The number of halogens is 2. The fourth-order valence-corrected chi connectivity index (χ4v) is 5.34. The van der Waals surface area contributed by atoms with Crippen molar-refractivity contribution in [2.24, 2.45) is 11.7 Å². The van der Waals surface area contributed by atoms with Gasteiger partial charge in [-0.05, 0) is 48.7 Å². The van der Waals surface area contributed by atoms with Crippen molar-refractivity contribution >= 4 is 34.0 Å². The molecule has 0 spiro atoms. The van der Waals surface area contributed by atoms with Crippen LogP contribution in [0.25, 0.3) is 0 Å². The van der Waals surface area contributed by atoms with Crippen molar-refractivity contribution in [1.29, 1.82) is 0 Å². The lowest BCUT2D eigenvalue weighted by atomic mass is 9.89. The second kappa shape index (κ2) is 8.06. The highest BCUT2D eigenvalue weighted by Gasteiger charge is 2.39. The van der Waals surface area contributed by atoms with Crippen molar-refractivity contribution in [1.82, 2.24) is 4.31 Å². The molecule has 1 saturated heterocycles. The zero-order valence-corrected chi connectivity index (χ0v) is 16.3. The monoisotopic (exact) mass is 400 g/mol. The number of hydrogen-bond acceptors (Lipinski definition) is 3. The Bertz CT molecular complexity index is 828. The van der Waals surface area contributed by atoms with E-state index in [0.29, 0.717) is 35.1 Å². The van der Waals surface area contributed by atoms with E-state index in [1.807, 2.05) is 30.3 Å². The minimum absolute atomic E-state index is 0. The summed E-state index contributed by atoms with van der Waals surface area (Å²) >= 11 is 5.95. The van der Waals surface area contributed by atoms with Crippen molar-refractivity contribution in [2.45, 2.75) is 17.7 Å². The predicted octanol–water partition coefficient (Wildman–Crippen LogP) is 3.43. The zero-order valence-electron chi connectivity index (χ0n) is 13.9. The lowest BCUT2D eigenvalue weighted by Crippen LogP contribution is -2.30. The predicted molar refractivity (Wildman–Crippen MR) is 104 cm³/mol. The molecule has 4 nitrogen and oxygen atoms in total. The Labute approximate surface area is 160 Å². The Kier molecular flexibility index (Phi) is 6.51. The Balaban J connectivity index is 0.00000225. The van der Waals surface area contributed by atoms with E-state index >= 15 is 0 Å². The van der Waals surface area contributed by atoms with Gasteiger partial charge in [-0.1, -0.05) is 41.9 Å². The van der Waals surface area contributed by atoms with Gasteiger partial charge in [-0.15, -0.1) is 12.4 Å². The van der Waals surface area contributed by atoms with Gasteiger partial charge in [-0.25, -0.2) is 8.42 Å². The van der Waals surface area contributed by atoms with Crippen LogP contribution in [0.1, 0.15) is 17.0 Å². The fourth-order valence-electron chi connectivity index (χ4n) is 3.39. The molecule has 2 aromatic rings. The summed E-state index contributed by atoms with van der Waals surface area (Å²) in [5.41, 5.74) is 7.72. The number of aryl methyl sites for hydroxylation is 1. The van der Waals surface area contributed by atoms with Crippen LogP contribution in [0, 0.1) is 12.8 Å². The molecule has 3 rings (SSSR count). The molecule has 2 N–H and O–H groups in total. The van der Waals surface area contributed by atoms with Gasteiger partial charge in [0.2, 0.25) is 10.0 Å². The zero-order chi connectivity index (χ0) is 17.3. The third kappa shape index (κ3) is 4.01. The maximum atomic E-state index is 13.0. The summed E-state index contributed by atoms with van der Waals surface area (Å²) in [7, 11) is -3.55. The molecule has 7 heteroatoms. The van der Waals surface area contributed by atoms with Gasteiger partial charge in [0.05, 0.1) is 4.90 Å². The van der Waals surface area contributed by atoms with Gasteiger partial charge in [0, 0.05) is 24.0 Å². The molecule has 0 aliphatic carbocycles. The van der Waals surface area contributed by atoms with Crippen LogP contribution in [-0.4, -0.2) is 32.4 Å². The SMILES string of the molecule is Cc1cc(Cl)ccc1S(=O)(=O)N1C[C@@H](CN)[C@H](c2ccccc2)C1.Cl. The second-order valence-electron chi connectivity index (χ2n) is 6.24. The van der Waals surface area contributed by atoms with Crippen LogP contribution in [0.3, 0.4) is 0 Å². The fraction of sp³-hybridized carbons (Fsp3) is 0.333. The molecule has 2 atom stereocenters. The summed E-state index contributed by atoms with van der Waals surface area (Å²) in [5, 5.41) is 0.537. The number of nitrogens with two attached hydrogens (primary N) is 1. The van der Waals surface area contributed by atoms with Crippen LogP contribution in [0.5, 0.6) is 0 Å². The first-order chi connectivity index (χ1) is 11.4. The molecule has 0 saturated carbocycles. The number of nitrogens with zero attached hydrogens (tertiary/aromatic N) is 1. The van der Waals surface area contributed by atoms with Gasteiger partial charge in [0.15, 0.2) is 0 Å². The number of hydrogen-bond donors (Lipinski definition) is 1. The van der Waals surface area contributed by atoms with Crippen molar-refractivity contribution < 1.29 is 8.42 Å². The van der Waals surface area contributed by atoms with Gasteiger partial charge in [0.1, 0.15) is 0 Å². The lowest BCUT2D eigenvalue weighted by molar-refractivity contribution is 0.458. The van der Waals surface area contributed by atoms with Gasteiger partial charge >= 0.3 is 0 Å². The summed E-state index contributed by atoms with van der Waals surface area (Å²) in [4.78, 5) is 0.316. The van der Waals surface area contributed by atoms with E-state index < -0.39 is 10.0 Å². The topological polar surface area (TPSA) is 63.4 Å². The van der Waals surface area contributed by atoms with Crippen molar-refractivity contribution in [2.75, 3.05) is 19.6 Å². The van der Waals surface area contributed by atoms with E-state index in [0.717, 1.165) is 5.56 Å². The maximum absolute atomic E-state index is 13.0. The van der Waals surface area contributed by atoms with E-state index in [2.05, 4.69) is 0 Å². The average Bonchev–Trinajstić information content (AvgIpc) is 3.00. The molecule has 2 aromatic carbocycles. The highest BCUT2D eigenvalue weighted by molar-refractivity contribution is 7.89. The molecule has 1 aliphatic rings. The van der Waals surface area contributed by atoms with Crippen LogP contribution in [0.2, 0.25) is 5.02 Å². The Morgan fingerprint density at radius 2 is 1.84 bits per heavy atom. The molecule has 0 aromatic heterocycles. The van der Waals surface area contributed by atoms with Gasteiger partial charge in [0.25, 0.3) is 0 Å². The van der Waals surface area contributed by atoms with E-state index in [4.69, 9.17) is 17.3 Å². The molecule has 1 aliphatic heterocycles. The Hall–Kier alpha value is -1.11. The molecule has 0 bridgehead atoms. The second-order valence-corrected chi connectivity index (χ2v) is 8.59. The first-order valence-electron chi connectivity index (χ1n) is 7.95. The highest BCUT2D eigenvalue weighted by Crippen LogP contribution is 2.35. The number of benzene rings is 2. The smallest absolute Gasteiger partial charge is 0.243 e. The van der Waals surface area contributed by atoms with Crippen LogP contribution in [-0.2, 0) is 10.0 Å². The average molecular weight is 401 g/mol. The minimum Gasteiger partial charge on any atom is -0.330 e. The highest BCUT2D eigenvalue weighted by atomic mass is 35.5. The number of sulfonamides is 1. The lowest BCUT2D eigenvalue weighted by Gasteiger charge is -2.18. The summed E-state index contributed by atoms with van der Waals surface area (Å²) in [6.45, 7) is 3.13. The van der Waals surface area contributed by atoms with E-state index in [1.165, 1.54) is 0 Å². The van der Waals surface area contributed by atoms with Gasteiger partial charge in [-0.2, -0.15) is 4.31 Å². The minimum atomic E-state index is -3.55. The molecule has 1 fully saturated rings. The van der Waals surface area contributed by atoms with Gasteiger partial charge in [-0.3, -0.25) is 0 Å². The maximum Gasteiger partial charge on any atom is 0.243 e. The Morgan fingerprint density at radius 3 is 2.44 bits per heavy atom. The molecule has 0 unspecified atom stereocenters.